The van der Waals surface area contributed by atoms with Crippen LogP contribution in [0.5, 0.6) is 0 Å². The summed E-state index contributed by atoms with van der Waals surface area (Å²) in [6.07, 6.45) is 0.753. The molecule has 1 aromatic heterocycles. The van der Waals surface area contributed by atoms with Gasteiger partial charge in [0.15, 0.2) is 0 Å². The number of aryl methyl sites for hydroxylation is 1. The highest BCUT2D eigenvalue weighted by atomic mass is 16.3. The summed E-state index contributed by atoms with van der Waals surface area (Å²) in [5.74, 6) is 0.761. The molecule has 3 rings (SSSR count). The summed E-state index contributed by atoms with van der Waals surface area (Å²) in [6.45, 7) is 7.56. The molecule has 1 aromatic carbocycles. The second-order valence-electron chi connectivity index (χ2n) is 6.69. The number of carbonyl (C=O) groups excluding carboxylic acids is 2. The first-order valence-corrected chi connectivity index (χ1v) is 9.07. The van der Waals surface area contributed by atoms with Gasteiger partial charge in [-0.05, 0) is 33.3 Å². The molecule has 1 unspecified atom stereocenters. The van der Waals surface area contributed by atoms with E-state index in [1.165, 1.54) is 0 Å². The van der Waals surface area contributed by atoms with Gasteiger partial charge in [0, 0.05) is 36.6 Å². The summed E-state index contributed by atoms with van der Waals surface area (Å²) in [7, 11) is 0. The lowest BCUT2D eigenvalue weighted by Crippen LogP contribution is -2.45. The number of amides is 4. The molecule has 7 nitrogen and oxygen atoms in total. The number of urea groups is 2. The van der Waals surface area contributed by atoms with Crippen molar-refractivity contribution >= 4 is 23.0 Å². The minimum atomic E-state index is -0.250. The predicted octanol–water partition coefficient (Wildman–Crippen LogP) is 2.91. The van der Waals surface area contributed by atoms with Crippen molar-refractivity contribution in [3.8, 4) is 0 Å². The van der Waals surface area contributed by atoms with Crippen molar-refractivity contribution in [1.29, 1.82) is 0 Å². The summed E-state index contributed by atoms with van der Waals surface area (Å²) in [4.78, 5) is 25.9. The summed E-state index contributed by atoms with van der Waals surface area (Å²) in [5, 5.41) is 9.72. The SMILES string of the molecule is CCNC(=O)N1CCC(NC(=O)N[C@@H](C)c2oc3ccccc3c2C)C1. The second kappa shape index (κ2) is 7.68. The third kappa shape index (κ3) is 3.76. The van der Waals surface area contributed by atoms with Crippen LogP contribution in [0.2, 0.25) is 0 Å². The number of hydrogen-bond acceptors (Lipinski definition) is 3. The van der Waals surface area contributed by atoms with Gasteiger partial charge < -0.3 is 25.3 Å². The van der Waals surface area contributed by atoms with Gasteiger partial charge in [-0.1, -0.05) is 18.2 Å². The Hall–Kier alpha value is -2.70. The fraction of sp³-hybridized carbons (Fsp3) is 0.474. The van der Waals surface area contributed by atoms with E-state index in [9.17, 15) is 9.59 Å². The first-order chi connectivity index (χ1) is 12.5. The molecule has 2 aromatic rings. The Morgan fingerprint density at radius 1 is 1.35 bits per heavy atom. The molecule has 1 fully saturated rings. The fourth-order valence-corrected chi connectivity index (χ4v) is 3.42. The van der Waals surface area contributed by atoms with E-state index in [4.69, 9.17) is 4.42 Å². The van der Waals surface area contributed by atoms with Gasteiger partial charge in [0.05, 0.1) is 6.04 Å². The first-order valence-electron chi connectivity index (χ1n) is 9.07. The zero-order chi connectivity index (χ0) is 18.7. The molecule has 1 saturated heterocycles. The topological polar surface area (TPSA) is 86.6 Å². The van der Waals surface area contributed by atoms with Crippen LogP contribution in [0.15, 0.2) is 28.7 Å². The lowest BCUT2D eigenvalue weighted by atomic mass is 10.1. The number of carbonyl (C=O) groups is 2. The van der Waals surface area contributed by atoms with Crippen LogP contribution in [0, 0.1) is 6.92 Å². The van der Waals surface area contributed by atoms with Gasteiger partial charge in [0.2, 0.25) is 0 Å². The molecule has 0 aliphatic carbocycles. The molecule has 140 valence electrons. The smallest absolute Gasteiger partial charge is 0.317 e. The molecule has 4 amide bonds. The number of furan rings is 1. The highest BCUT2D eigenvalue weighted by Gasteiger charge is 2.27. The molecular weight excluding hydrogens is 332 g/mol. The molecular formula is C19H26N4O3. The fourth-order valence-electron chi connectivity index (χ4n) is 3.42. The number of fused-ring (bicyclic) bond motifs is 1. The quantitative estimate of drug-likeness (QED) is 0.785. The van der Waals surface area contributed by atoms with Crippen molar-refractivity contribution in [3.63, 3.8) is 0 Å². The zero-order valence-electron chi connectivity index (χ0n) is 15.5. The average Bonchev–Trinajstić information content (AvgIpc) is 3.20. The van der Waals surface area contributed by atoms with Gasteiger partial charge in [-0.3, -0.25) is 0 Å². The number of likely N-dealkylation sites (tertiary alicyclic amines) is 1. The molecule has 1 aliphatic rings. The highest BCUT2D eigenvalue weighted by molar-refractivity contribution is 5.82. The average molecular weight is 358 g/mol. The largest absolute Gasteiger partial charge is 0.459 e. The third-order valence-corrected chi connectivity index (χ3v) is 4.76. The van der Waals surface area contributed by atoms with Gasteiger partial charge >= 0.3 is 12.1 Å². The van der Waals surface area contributed by atoms with E-state index < -0.39 is 0 Å². The van der Waals surface area contributed by atoms with Gasteiger partial charge in [-0.2, -0.15) is 0 Å². The molecule has 7 heteroatoms. The van der Waals surface area contributed by atoms with Crippen molar-refractivity contribution in [2.24, 2.45) is 0 Å². The van der Waals surface area contributed by atoms with Crippen LogP contribution in [0.1, 0.15) is 37.6 Å². The lowest BCUT2D eigenvalue weighted by Gasteiger charge is -2.19. The number of benzene rings is 1. The van der Waals surface area contributed by atoms with Crippen LogP contribution in [-0.4, -0.2) is 42.6 Å². The summed E-state index contributed by atoms with van der Waals surface area (Å²) in [6, 6.07) is 7.22. The Kier molecular flexibility index (Phi) is 5.35. The van der Waals surface area contributed by atoms with Crippen LogP contribution in [0.25, 0.3) is 11.0 Å². The van der Waals surface area contributed by atoms with Crippen LogP contribution < -0.4 is 16.0 Å². The Morgan fingerprint density at radius 3 is 2.85 bits per heavy atom. The normalized spacial score (nSPS) is 18.0. The summed E-state index contributed by atoms with van der Waals surface area (Å²) in [5.41, 5.74) is 1.86. The van der Waals surface area contributed by atoms with E-state index in [0.29, 0.717) is 19.6 Å². The number of hydrogen-bond donors (Lipinski definition) is 3. The molecule has 0 saturated carbocycles. The van der Waals surface area contributed by atoms with E-state index in [1.54, 1.807) is 4.90 Å². The van der Waals surface area contributed by atoms with E-state index in [0.717, 1.165) is 28.7 Å². The van der Waals surface area contributed by atoms with Gasteiger partial charge in [-0.25, -0.2) is 9.59 Å². The molecule has 26 heavy (non-hydrogen) atoms. The van der Waals surface area contributed by atoms with Crippen LogP contribution in [0.4, 0.5) is 9.59 Å². The molecule has 3 N–H and O–H groups in total. The van der Waals surface area contributed by atoms with Gasteiger partial charge in [-0.15, -0.1) is 0 Å². The molecule has 1 aliphatic heterocycles. The van der Waals surface area contributed by atoms with Gasteiger partial charge in [0.1, 0.15) is 11.3 Å². The number of nitrogens with one attached hydrogen (secondary N) is 3. The van der Waals surface area contributed by atoms with Crippen LogP contribution in [0.3, 0.4) is 0 Å². The van der Waals surface area contributed by atoms with Crippen molar-refractivity contribution < 1.29 is 14.0 Å². The van der Waals surface area contributed by atoms with E-state index in [-0.39, 0.29) is 24.1 Å². The Morgan fingerprint density at radius 2 is 2.12 bits per heavy atom. The summed E-state index contributed by atoms with van der Waals surface area (Å²) < 4.78 is 5.90. The van der Waals surface area contributed by atoms with Crippen molar-refractivity contribution in [2.75, 3.05) is 19.6 Å². The zero-order valence-corrected chi connectivity index (χ0v) is 15.5. The minimum absolute atomic E-state index is 0.0402. The second-order valence-corrected chi connectivity index (χ2v) is 6.69. The Balaban J connectivity index is 1.56. The number of para-hydroxylation sites is 1. The highest BCUT2D eigenvalue weighted by Crippen LogP contribution is 2.29. The van der Waals surface area contributed by atoms with Crippen LogP contribution in [-0.2, 0) is 0 Å². The monoisotopic (exact) mass is 358 g/mol. The molecule has 0 radical (unpaired) electrons. The van der Waals surface area contributed by atoms with E-state index >= 15 is 0 Å². The maximum absolute atomic E-state index is 12.3. The third-order valence-electron chi connectivity index (χ3n) is 4.76. The maximum atomic E-state index is 12.3. The number of rotatable bonds is 4. The van der Waals surface area contributed by atoms with Crippen molar-refractivity contribution in [3.05, 3.63) is 35.6 Å². The summed E-state index contributed by atoms with van der Waals surface area (Å²) >= 11 is 0. The maximum Gasteiger partial charge on any atom is 0.317 e. The standard InChI is InChI=1S/C19H26N4O3/c1-4-20-19(25)23-10-9-14(11-23)22-18(24)21-13(3)17-12(2)15-7-5-6-8-16(15)26-17/h5-8,13-14H,4,9-11H2,1-3H3,(H,20,25)(H2,21,22,24)/t13-,14?/m0/s1. The van der Waals surface area contributed by atoms with E-state index in [2.05, 4.69) is 16.0 Å². The molecule has 2 atom stereocenters. The molecule has 2 heterocycles. The minimum Gasteiger partial charge on any atom is -0.459 e. The lowest BCUT2D eigenvalue weighted by molar-refractivity contribution is 0.207. The predicted molar refractivity (Wildman–Crippen MR) is 100 cm³/mol. The molecule has 0 spiro atoms. The van der Waals surface area contributed by atoms with Crippen LogP contribution >= 0.6 is 0 Å². The van der Waals surface area contributed by atoms with Crippen molar-refractivity contribution in [1.82, 2.24) is 20.9 Å². The Bertz CT molecular complexity index is 801. The Labute approximate surface area is 153 Å². The molecule has 0 bridgehead atoms. The first kappa shape index (κ1) is 18.1. The van der Waals surface area contributed by atoms with Gasteiger partial charge in [0.25, 0.3) is 0 Å². The van der Waals surface area contributed by atoms with Crippen molar-refractivity contribution in [2.45, 2.75) is 39.3 Å². The van der Waals surface area contributed by atoms with E-state index in [1.807, 2.05) is 45.0 Å². The number of nitrogens with zero attached hydrogens (tertiary/aromatic N) is 1.